The molecule has 0 aromatic rings. The summed E-state index contributed by atoms with van der Waals surface area (Å²) >= 11 is 0. The molecule has 0 saturated heterocycles. The van der Waals surface area contributed by atoms with Crippen LogP contribution in [-0.4, -0.2) is 49.6 Å². The second-order valence-corrected chi connectivity index (χ2v) is 4.37. The summed E-state index contributed by atoms with van der Waals surface area (Å²) in [7, 11) is 2.10. The molecule has 0 fully saturated rings. The molecule has 0 unspecified atom stereocenters. The molecule has 0 aliphatic carbocycles. The lowest BCUT2D eigenvalue weighted by Crippen LogP contribution is -2.40. The van der Waals surface area contributed by atoms with Gasteiger partial charge in [0.25, 0.3) is 0 Å². The summed E-state index contributed by atoms with van der Waals surface area (Å²) in [6.07, 6.45) is 2.08. The summed E-state index contributed by atoms with van der Waals surface area (Å²) in [6.45, 7) is 6.26. The normalized spacial score (nSPS) is 10.9. The van der Waals surface area contributed by atoms with Gasteiger partial charge >= 0.3 is 6.03 Å². The number of nitrogens with zero attached hydrogens (tertiary/aromatic N) is 1. The highest BCUT2D eigenvalue weighted by Gasteiger charge is 2.03. The number of nitrogens with one attached hydrogen (secondary N) is 2. The summed E-state index contributed by atoms with van der Waals surface area (Å²) in [6, 6.07) is -0.250. The SMILES string of the molecule is CC(C)N(C)CCCCNCC(=O)NC(N)=O. The zero-order valence-corrected chi connectivity index (χ0v) is 11.0. The molecule has 0 rings (SSSR count). The van der Waals surface area contributed by atoms with E-state index in [1.165, 1.54) is 0 Å². The molecule has 0 atom stereocenters. The first-order valence-corrected chi connectivity index (χ1v) is 5.93. The molecule has 100 valence electrons. The Balaban J connectivity index is 3.35. The van der Waals surface area contributed by atoms with Crippen LogP contribution >= 0.6 is 0 Å². The molecule has 0 aromatic carbocycles. The van der Waals surface area contributed by atoms with E-state index in [9.17, 15) is 9.59 Å². The number of primary amides is 1. The van der Waals surface area contributed by atoms with Gasteiger partial charge in [0, 0.05) is 6.04 Å². The van der Waals surface area contributed by atoms with Gasteiger partial charge < -0.3 is 16.0 Å². The highest BCUT2D eigenvalue weighted by atomic mass is 16.2. The molecular weight excluding hydrogens is 220 g/mol. The zero-order chi connectivity index (χ0) is 13.3. The minimum atomic E-state index is -0.810. The van der Waals surface area contributed by atoms with E-state index in [2.05, 4.69) is 31.1 Å². The summed E-state index contributed by atoms with van der Waals surface area (Å²) in [4.78, 5) is 23.6. The zero-order valence-electron chi connectivity index (χ0n) is 11.0. The van der Waals surface area contributed by atoms with E-state index in [0.29, 0.717) is 6.04 Å². The molecule has 0 bridgehead atoms. The molecule has 0 aliphatic rings. The van der Waals surface area contributed by atoms with Crippen molar-refractivity contribution in [3.63, 3.8) is 0 Å². The van der Waals surface area contributed by atoms with Crippen molar-refractivity contribution in [1.82, 2.24) is 15.5 Å². The van der Waals surface area contributed by atoms with Crippen molar-refractivity contribution in [3.8, 4) is 0 Å². The molecule has 17 heavy (non-hydrogen) atoms. The predicted molar refractivity (Wildman–Crippen MR) is 67.6 cm³/mol. The largest absolute Gasteiger partial charge is 0.351 e. The van der Waals surface area contributed by atoms with Crippen LogP contribution in [0.4, 0.5) is 4.79 Å². The molecule has 0 aliphatic heterocycles. The highest BCUT2D eigenvalue weighted by molar-refractivity contribution is 5.94. The summed E-state index contributed by atoms with van der Waals surface area (Å²) in [5, 5.41) is 4.95. The van der Waals surface area contributed by atoms with Gasteiger partial charge in [0.2, 0.25) is 5.91 Å². The molecule has 6 nitrogen and oxygen atoms in total. The monoisotopic (exact) mass is 244 g/mol. The molecule has 0 radical (unpaired) electrons. The third kappa shape index (κ3) is 9.77. The van der Waals surface area contributed by atoms with Crippen LogP contribution in [0.2, 0.25) is 0 Å². The Morgan fingerprint density at radius 1 is 1.29 bits per heavy atom. The van der Waals surface area contributed by atoms with Gasteiger partial charge in [-0.15, -0.1) is 0 Å². The number of hydrogen-bond donors (Lipinski definition) is 3. The van der Waals surface area contributed by atoms with E-state index in [-0.39, 0.29) is 6.54 Å². The van der Waals surface area contributed by atoms with Crippen LogP contribution in [0.3, 0.4) is 0 Å². The predicted octanol–water partition coefficient (Wildman–Crippen LogP) is -0.109. The van der Waals surface area contributed by atoms with Crippen molar-refractivity contribution in [3.05, 3.63) is 0 Å². The summed E-state index contributed by atoms with van der Waals surface area (Å²) in [5.74, 6) is -0.392. The lowest BCUT2D eigenvalue weighted by molar-refractivity contribution is -0.119. The smallest absolute Gasteiger partial charge is 0.318 e. The fourth-order valence-corrected chi connectivity index (χ4v) is 1.25. The Bertz CT molecular complexity index is 244. The van der Waals surface area contributed by atoms with Gasteiger partial charge in [0.15, 0.2) is 0 Å². The van der Waals surface area contributed by atoms with Crippen molar-refractivity contribution in [2.24, 2.45) is 5.73 Å². The van der Waals surface area contributed by atoms with Crippen LogP contribution in [0, 0.1) is 0 Å². The Kier molecular flexibility index (Phi) is 8.35. The van der Waals surface area contributed by atoms with E-state index < -0.39 is 11.9 Å². The quantitative estimate of drug-likeness (QED) is 0.520. The minimum absolute atomic E-state index is 0.128. The number of rotatable bonds is 8. The molecule has 4 N–H and O–H groups in total. The van der Waals surface area contributed by atoms with Gasteiger partial charge in [-0.05, 0) is 46.8 Å². The van der Waals surface area contributed by atoms with Crippen molar-refractivity contribution < 1.29 is 9.59 Å². The van der Waals surface area contributed by atoms with Crippen LogP contribution in [0.25, 0.3) is 0 Å². The number of carbonyl (C=O) groups is 2. The molecule has 0 heterocycles. The maximum atomic E-state index is 11.0. The highest BCUT2D eigenvalue weighted by Crippen LogP contribution is 1.96. The first-order valence-electron chi connectivity index (χ1n) is 5.93. The Labute approximate surface area is 103 Å². The first-order chi connectivity index (χ1) is 7.93. The number of urea groups is 1. The Morgan fingerprint density at radius 3 is 2.47 bits per heavy atom. The average molecular weight is 244 g/mol. The average Bonchev–Trinajstić information content (AvgIpc) is 2.21. The van der Waals surface area contributed by atoms with E-state index in [1.807, 2.05) is 5.32 Å². The third-order valence-corrected chi connectivity index (χ3v) is 2.54. The molecule has 0 aromatic heterocycles. The van der Waals surface area contributed by atoms with E-state index in [0.717, 1.165) is 25.9 Å². The van der Waals surface area contributed by atoms with Crippen LogP contribution < -0.4 is 16.4 Å². The van der Waals surface area contributed by atoms with Gasteiger partial charge in [0.1, 0.15) is 0 Å². The Hall–Kier alpha value is -1.14. The fourth-order valence-electron chi connectivity index (χ4n) is 1.25. The molecule has 6 heteroatoms. The van der Waals surface area contributed by atoms with Gasteiger partial charge in [-0.3, -0.25) is 10.1 Å². The first kappa shape index (κ1) is 15.9. The lowest BCUT2D eigenvalue weighted by atomic mass is 10.2. The molecule has 0 saturated carbocycles. The van der Waals surface area contributed by atoms with Crippen molar-refractivity contribution in [2.75, 3.05) is 26.7 Å². The van der Waals surface area contributed by atoms with E-state index in [4.69, 9.17) is 5.73 Å². The van der Waals surface area contributed by atoms with Crippen LogP contribution in [0.5, 0.6) is 0 Å². The van der Waals surface area contributed by atoms with Crippen molar-refractivity contribution >= 4 is 11.9 Å². The van der Waals surface area contributed by atoms with E-state index >= 15 is 0 Å². The van der Waals surface area contributed by atoms with E-state index in [1.54, 1.807) is 0 Å². The molecular formula is C11H24N4O2. The van der Waals surface area contributed by atoms with Gasteiger partial charge in [-0.25, -0.2) is 4.79 Å². The van der Waals surface area contributed by atoms with Crippen molar-refractivity contribution in [2.45, 2.75) is 32.7 Å². The fraction of sp³-hybridized carbons (Fsp3) is 0.818. The minimum Gasteiger partial charge on any atom is -0.351 e. The number of imide groups is 1. The summed E-state index contributed by atoms with van der Waals surface area (Å²) < 4.78 is 0. The number of nitrogens with two attached hydrogens (primary N) is 1. The molecule has 0 spiro atoms. The van der Waals surface area contributed by atoms with Crippen molar-refractivity contribution in [1.29, 1.82) is 0 Å². The maximum Gasteiger partial charge on any atom is 0.318 e. The second kappa shape index (κ2) is 8.95. The van der Waals surface area contributed by atoms with Gasteiger partial charge in [-0.2, -0.15) is 0 Å². The number of hydrogen-bond acceptors (Lipinski definition) is 4. The third-order valence-electron chi connectivity index (χ3n) is 2.54. The Morgan fingerprint density at radius 2 is 1.94 bits per heavy atom. The van der Waals surface area contributed by atoms with Crippen LogP contribution in [0.1, 0.15) is 26.7 Å². The maximum absolute atomic E-state index is 11.0. The number of carbonyl (C=O) groups excluding carboxylic acids is 2. The standard InChI is InChI=1S/C11H24N4O2/c1-9(2)15(3)7-5-4-6-13-8-10(16)14-11(12)17/h9,13H,4-8H2,1-3H3,(H3,12,14,16,17). The van der Waals surface area contributed by atoms with Gasteiger partial charge in [0.05, 0.1) is 6.54 Å². The number of amides is 3. The molecule has 3 amide bonds. The second-order valence-electron chi connectivity index (χ2n) is 4.37. The lowest BCUT2D eigenvalue weighted by Gasteiger charge is -2.20. The van der Waals surface area contributed by atoms with Gasteiger partial charge in [-0.1, -0.05) is 0 Å². The topological polar surface area (TPSA) is 87.5 Å². The summed E-state index contributed by atoms with van der Waals surface area (Å²) in [5.41, 5.74) is 4.80. The van der Waals surface area contributed by atoms with Crippen LogP contribution in [-0.2, 0) is 4.79 Å². The number of unbranched alkanes of at least 4 members (excludes halogenated alkanes) is 1. The van der Waals surface area contributed by atoms with Crippen LogP contribution in [0.15, 0.2) is 0 Å².